The molecule has 2 aromatic heterocycles. The number of hydrogen-bond donors (Lipinski definition) is 0. The highest BCUT2D eigenvalue weighted by Gasteiger charge is 2.22. The van der Waals surface area contributed by atoms with E-state index in [1.165, 1.54) is 0 Å². The van der Waals surface area contributed by atoms with Crippen LogP contribution < -0.4 is 0 Å². The fourth-order valence-electron chi connectivity index (χ4n) is 2.56. The van der Waals surface area contributed by atoms with Crippen LogP contribution in [0.1, 0.15) is 38.6 Å². The number of carbonyl (C=O) groups is 1. The third-order valence-corrected chi connectivity index (χ3v) is 4.36. The van der Waals surface area contributed by atoms with Crippen molar-refractivity contribution in [2.24, 2.45) is 0 Å². The van der Waals surface area contributed by atoms with Gasteiger partial charge in [-0.3, -0.25) is 0 Å². The zero-order valence-corrected chi connectivity index (χ0v) is 15.0. The Morgan fingerprint density at radius 3 is 2.56 bits per heavy atom. The number of aromatic nitrogens is 3. The van der Waals surface area contributed by atoms with Crippen LogP contribution in [0.4, 0.5) is 0 Å². The van der Waals surface area contributed by atoms with Gasteiger partial charge in [0.2, 0.25) is 0 Å². The number of nitrogens with zero attached hydrogens (tertiary/aromatic N) is 3. The molecular weight excluding hydrogens is 342 g/mol. The van der Waals surface area contributed by atoms with Crippen LogP contribution >= 0.6 is 11.6 Å². The molecule has 0 saturated heterocycles. The van der Waals surface area contributed by atoms with Crippen LogP contribution in [0.2, 0.25) is 5.15 Å². The molecule has 1 aromatic carbocycles. The van der Waals surface area contributed by atoms with E-state index in [4.69, 9.17) is 20.9 Å². The molecule has 0 aliphatic rings. The quantitative estimate of drug-likeness (QED) is 0.647. The van der Waals surface area contributed by atoms with Gasteiger partial charge in [0.05, 0.1) is 23.5 Å². The second-order valence-corrected chi connectivity index (χ2v) is 6.13. The lowest BCUT2D eigenvalue weighted by Gasteiger charge is -2.05. The highest BCUT2D eigenvalue weighted by molar-refractivity contribution is 6.32. The first kappa shape index (κ1) is 17.2. The standard InChI is InChI=1S/C18H18ClN3O3/c1-11-15(13(3)25-21-11)10-24-18(23)16-12(2)20-22(17(16)19)9-14-7-5-4-6-8-14/h4-8H,9-10H2,1-3H3. The van der Waals surface area contributed by atoms with E-state index in [9.17, 15) is 4.79 Å². The molecule has 0 atom stereocenters. The number of rotatable bonds is 5. The molecule has 2 heterocycles. The molecule has 0 aliphatic heterocycles. The van der Waals surface area contributed by atoms with Crippen molar-refractivity contribution < 1.29 is 14.1 Å². The van der Waals surface area contributed by atoms with Gasteiger partial charge in [-0.25, -0.2) is 9.48 Å². The average Bonchev–Trinajstić information content (AvgIpc) is 3.05. The maximum Gasteiger partial charge on any atom is 0.343 e. The average molecular weight is 360 g/mol. The van der Waals surface area contributed by atoms with Gasteiger partial charge in [0, 0.05) is 0 Å². The summed E-state index contributed by atoms with van der Waals surface area (Å²) in [7, 11) is 0. The van der Waals surface area contributed by atoms with Crippen LogP contribution in [-0.4, -0.2) is 20.9 Å². The summed E-state index contributed by atoms with van der Waals surface area (Å²) in [6, 6.07) is 9.78. The molecule has 7 heteroatoms. The van der Waals surface area contributed by atoms with Gasteiger partial charge in [-0.2, -0.15) is 5.10 Å². The Kier molecular flexibility index (Phi) is 4.90. The molecular formula is C18H18ClN3O3. The van der Waals surface area contributed by atoms with Crippen LogP contribution in [0.25, 0.3) is 0 Å². The zero-order chi connectivity index (χ0) is 18.0. The summed E-state index contributed by atoms with van der Waals surface area (Å²) in [6.45, 7) is 5.88. The topological polar surface area (TPSA) is 70.2 Å². The van der Waals surface area contributed by atoms with Crippen LogP contribution in [-0.2, 0) is 17.9 Å². The SMILES string of the molecule is Cc1noc(C)c1COC(=O)c1c(C)nn(Cc2ccccc2)c1Cl. The summed E-state index contributed by atoms with van der Waals surface area (Å²) in [5.41, 5.74) is 3.32. The van der Waals surface area contributed by atoms with E-state index in [-0.39, 0.29) is 17.3 Å². The Labute approximate surface area is 150 Å². The number of carbonyl (C=O) groups excluding carboxylic acids is 1. The molecule has 0 aliphatic carbocycles. The Hall–Kier alpha value is -2.60. The second kappa shape index (κ2) is 7.11. The number of benzene rings is 1. The van der Waals surface area contributed by atoms with E-state index in [0.717, 1.165) is 11.1 Å². The van der Waals surface area contributed by atoms with E-state index in [1.807, 2.05) is 30.3 Å². The molecule has 3 aromatic rings. The lowest BCUT2D eigenvalue weighted by molar-refractivity contribution is 0.0470. The first-order chi connectivity index (χ1) is 12.0. The molecule has 0 fully saturated rings. The van der Waals surface area contributed by atoms with E-state index in [0.29, 0.717) is 23.7 Å². The molecule has 6 nitrogen and oxygen atoms in total. The highest BCUT2D eigenvalue weighted by atomic mass is 35.5. The summed E-state index contributed by atoms with van der Waals surface area (Å²) in [6.07, 6.45) is 0. The summed E-state index contributed by atoms with van der Waals surface area (Å²) in [5, 5.41) is 8.47. The van der Waals surface area contributed by atoms with Crippen molar-refractivity contribution >= 4 is 17.6 Å². The molecule has 130 valence electrons. The van der Waals surface area contributed by atoms with Gasteiger partial charge in [-0.15, -0.1) is 0 Å². The largest absolute Gasteiger partial charge is 0.457 e. The van der Waals surface area contributed by atoms with Crippen molar-refractivity contribution in [2.75, 3.05) is 0 Å². The minimum Gasteiger partial charge on any atom is -0.457 e. The molecule has 0 radical (unpaired) electrons. The highest BCUT2D eigenvalue weighted by Crippen LogP contribution is 2.23. The predicted molar refractivity (Wildman–Crippen MR) is 92.6 cm³/mol. The predicted octanol–water partition coefficient (Wildman–Crippen LogP) is 3.86. The minimum atomic E-state index is -0.512. The molecule has 0 unspecified atom stereocenters. The van der Waals surface area contributed by atoms with Gasteiger partial charge in [-0.1, -0.05) is 47.1 Å². The second-order valence-electron chi connectivity index (χ2n) is 5.77. The number of halogens is 1. The van der Waals surface area contributed by atoms with E-state index < -0.39 is 5.97 Å². The monoisotopic (exact) mass is 359 g/mol. The zero-order valence-electron chi connectivity index (χ0n) is 14.2. The van der Waals surface area contributed by atoms with Crippen molar-refractivity contribution in [3.63, 3.8) is 0 Å². The lowest BCUT2D eigenvalue weighted by atomic mass is 10.2. The molecule has 0 saturated carbocycles. The van der Waals surface area contributed by atoms with Gasteiger partial charge in [0.15, 0.2) is 0 Å². The van der Waals surface area contributed by atoms with Crippen LogP contribution in [0, 0.1) is 20.8 Å². The van der Waals surface area contributed by atoms with Gasteiger partial charge in [0.25, 0.3) is 0 Å². The first-order valence-electron chi connectivity index (χ1n) is 7.83. The lowest BCUT2D eigenvalue weighted by Crippen LogP contribution is -2.08. The number of hydrogen-bond acceptors (Lipinski definition) is 5. The number of esters is 1. The van der Waals surface area contributed by atoms with E-state index >= 15 is 0 Å². The van der Waals surface area contributed by atoms with Gasteiger partial charge >= 0.3 is 5.97 Å². The minimum absolute atomic E-state index is 0.0830. The van der Waals surface area contributed by atoms with E-state index in [2.05, 4.69) is 10.3 Å². The Bertz CT molecular complexity index is 880. The summed E-state index contributed by atoms with van der Waals surface area (Å²) in [5.74, 6) is 0.120. The fraction of sp³-hybridized carbons (Fsp3) is 0.278. The summed E-state index contributed by atoms with van der Waals surface area (Å²) in [4.78, 5) is 12.5. The Balaban J connectivity index is 1.77. The smallest absolute Gasteiger partial charge is 0.343 e. The third kappa shape index (κ3) is 3.58. The van der Waals surface area contributed by atoms with Gasteiger partial charge in [-0.05, 0) is 26.3 Å². The maximum absolute atomic E-state index is 12.5. The molecule has 0 N–H and O–H groups in total. The molecule has 0 amide bonds. The van der Waals surface area contributed by atoms with E-state index in [1.54, 1.807) is 25.5 Å². The van der Waals surface area contributed by atoms with Crippen molar-refractivity contribution in [3.05, 3.63) is 69.3 Å². The van der Waals surface area contributed by atoms with Crippen molar-refractivity contribution in [2.45, 2.75) is 33.9 Å². The summed E-state index contributed by atoms with van der Waals surface area (Å²) < 4.78 is 12.0. The molecule has 0 bridgehead atoms. The van der Waals surface area contributed by atoms with Gasteiger partial charge < -0.3 is 9.26 Å². The number of ether oxygens (including phenoxy) is 1. The summed E-state index contributed by atoms with van der Waals surface area (Å²) >= 11 is 6.37. The number of aryl methyl sites for hydroxylation is 3. The van der Waals surface area contributed by atoms with Crippen LogP contribution in [0.15, 0.2) is 34.9 Å². The third-order valence-electron chi connectivity index (χ3n) is 3.97. The molecule has 3 rings (SSSR count). The van der Waals surface area contributed by atoms with Gasteiger partial charge in [0.1, 0.15) is 23.1 Å². The first-order valence-corrected chi connectivity index (χ1v) is 8.21. The Morgan fingerprint density at radius 1 is 1.20 bits per heavy atom. The molecule has 25 heavy (non-hydrogen) atoms. The van der Waals surface area contributed by atoms with Crippen molar-refractivity contribution in [3.8, 4) is 0 Å². The maximum atomic E-state index is 12.5. The van der Waals surface area contributed by atoms with Crippen molar-refractivity contribution in [1.82, 2.24) is 14.9 Å². The Morgan fingerprint density at radius 2 is 1.92 bits per heavy atom. The normalized spacial score (nSPS) is 10.9. The van der Waals surface area contributed by atoms with Crippen molar-refractivity contribution in [1.29, 1.82) is 0 Å². The fourth-order valence-corrected chi connectivity index (χ4v) is 2.88. The van der Waals surface area contributed by atoms with Crippen LogP contribution in [0.3, 0.4) is 0 Å². The van der Waals surface area contributed by atoms with Crippen LogP contribution in [0.5, 0.6) is 0 Å². The molecule has 0 spiro atoms.